The number of anilines is 1. The standard InChI is InChI=1S/C22H14ClF2N7O2/c1-11-7-18(27-20(33)15-6-5-13(24)9-17(15)25)32(30-11)22-28-19-16(21(34)29-22)10-26-31(19)14-4-2-3-12(23)8-14/h2-10H,1H3,(H,27,33)(H,28,29,34). The summed E-state index contributed by atoms with van der Waals surface area (Å²) in [5.74, 6) is -2.54. The predicted molar refractivity (Wildman–Crippen MR) is 121 cm³/mol. The van der Waals surface area contributed by atoms with Gasteiger partial charge in [-0.15, -0.1) is 0 Å². The maximum absolute atomic E-state index is 14.1. The maximum Gasteiger partial charge on any atom is 0.263 e. The molecule has 0 spiro atoms. The van der Waals surface area contributed by atoms with Gasteiger partial charge in [-0.3, -0.25) is 14.6 Å². The van der Waals surface area contributed by atoms with E-state index < -0.39 is 23.1 Å². The number of carbonyl (C=O) groups excluding carboxylic acids is 1. The number of aryl methyl sites for hydroxylation is 1. The largest absolute Gasteiger partial charge is 0.306 e. The quantitative estimate of drug-likeness (QED) is 0.406. The van der Waals surface area contributed by atoms with Crippen LogP contribution < -0.4 is 10.9 Å². The highest BCUT2D eigenvalue weighted by Crippen LogP contribution is 2.21. The molecule has 0 aliphatic heterocycles. The van der Waals surface area contributed by atoms with Crippen LogP contribution in [0.25, 0.3) is 22.7 Å². The minimum absolute atomic E-state index is 0.00995. The van der Waals surface area contributed by atoms with Crippen molar-refractivity contribution >= 4 is 34.4 Å². The van der Waals surface area contributed by atoms with Crippen molar-refractivity contribution in [3.05, 3.63) is 93.0 Å². The van der Waals surface area contributed by atoms with E-state index in [1.165, 1.54) is 21.6 Å². The Hall–Kier alpha value is -4.38. The van der Waals surface area contributed by atoms with Gasteiger partial charge in [-0.25, -0.2) is 13.5 Å². The molecule has 5 rings (SSSR count). The normalized spacial score (nSPS) is 11.2. The lowest BCUT2D eigenvalue weighted by Crippen LogP contribution is -2.19. The molecule has 2 N–H and O–H groups in total. The highest BCUT2D eigenvalue weighted by Gasteiger charge is 2.19. The number of carbonyl (C=O) groups is 1. The van der Waals surface area contributed by atoms with E-state index in [-0.39, 0.29) is 28.4 Å². The molecule has 2 aromatic carbocycles. The Morgan fingerprint density at radius 3 is 2.71 bits per heavy atom. The number of halogens is 3. The Morgan fingerprint density at radius 1 is 1.12 bits per heavy atom. The van der Waals surface area contributed by atoms with Crippen molar-refractivity contribution in [2.75, 3.05) is 5.32 Å². The summed E-state index contributed by atoms with van der Waals surface area (Å²) in [6.07, 6.45) is 1.38. The summed E-state index contributed by atoms with van der Waals surface area (Å²) in [6.45, 7) is 1.66. The Balaban J connectivity index is 1.59. The lowest BCUT2D eigenvalue weighted by molar-refractivity contribution is 0.102. The number of hydrogen-bond donors (Lipinski definition) is 2. The molecule has 0 atom stereocenters. The third kappa shape index (κ3) is 3.82. The van der Waals surface area contributed by atoms with Crippen LogP contribution in [-0.4, -0.2) is 35.4 Å². The van der Waals surface area contributed by atoms with E-state index in [4.69, 9.17) is 11.6 Å². The van der Waals surface area contributed by atoms with Gasteiger partial charge < -0.3 is 5.32 Å². The average Bonchev–Trinajstić information content (AvgIpc) is 3.37. The second-order valence-electron chi connectivity index (χ2n) is 7.32. The predicted octanol–water partition coefficient (Wildman–Crippen LogP) is 3.79. The molecule has 0 aliphatic rings. The van der Waals surface area contributed by atoms with Crippen LogP contribution in [0, 0.1) is 18.6 Å². The van der Waals surface area contributed by atoms with E-state index in [2.05, 4.69) is 25.5 Å². The highest BCUT2D eigenvalue weighted by molar-refractivity contribution is 6.30. The van der Waals surface area contributed by atoms with E-state index in [1.807, 2.05) is 0 Å². The zero-order valence-electron chi connectivity index (χ0n) is 17.4. The third-order valence-electron chi connectivity index (χ3n) is 4.93. The second kappa shape index (κ2) is 8.19. The van der Waals surface area contributed by atoms with Crippen LogP contribution in [0.2, 0.25) is 5.02 Å². The molecule has 170 valence electrons. The molecule has 0 fully saturated rings. The summed E-state index contributed by atoms with van der Waals surface area (Å²) in [6, 6.07) is 11.0. The van der Waals surface area contributed by atoms with E-state index in [1.54, 1.807) is 31.2 Å². The van der Waals surface area contributed by atoms with Gasteiger partial charge in [0, 0.05) is 17.2 Å². The van der Waals surface area contributed by atoms with Crippen LogP contribution in [0.15, 0.2) is 59.5 Å². The number of H-pyrrole nitrogens is 1. The number of rotatable bonds is 4. The van der Waals surface area contributed by atoms with Crippen LogP contribution in [0.3, 0.4) is 0 Å². The van der Waals surface area contributed by atoms with Crippen LogP contribution in [0.5, 0.6) is 0 Å². The van der Waals surface area contributed by atoms with E-state index in [9.17, 15) is 18.4 Å². The van der Waals surface area contributed by atoms with Gasteiger partial charge in [0.15, 0.2) is 5.65 Å². The Morgan fingerprint density at radius 2 is 1.94 bits per heavy atom. The van der Waals surface area contributed by atoms with Crippen molar-refractivity contribution in [2.45, 2.75) is 6.92 Å². The molecule has 1 amide bonds. The summed E-state index contributed by atoms with van der Waals surface area (Å²) in [4.78, 5) is 32.4. The van der Waals surface area contributed by atoms with Crippen molar-refractivity contribution < 1.29 is 13.6 Å². The van der Waals surface area contributed by atoms with Crippen LogP contribution in [0.1, 0.15) is 16.1 Å². The van der Waals surface area contributed by atoms with Gasteiger partial charge in [0.25, 0.3) is 11.5 Å². The number of nitrogens with zero attached hydrogens (tertiary/aromatic N) is 5. The minimum Gasteiger partial charge on any atom is -0.306 e. The molecular weight excluding hydrogens is 468 g/mol. The van der Waals surface area contributed by atoms with Gasteiger partial charge in [-0.1, -0.05) is 17.7 Å². The molecule has 12 heteroatoms. The van der Waals surface area contributed by atoms with Crippen molar-refractivity contribution in [1.82, 2.24) is 29.5 Å². The molecule has 3 aromatic heterocycles. The van der Waals surface area contributed by atoms with Crippen molar-refractivity contribution in [3.63, 3.8) is 0 Å². The molecule has 5 aromatic rings. The zero-order valence-corrected chi connectivity index (χ0v) is 18.1. The highest BCUT2D eigenvalue weighted by atomic mass is 35.5. The Labute approximate surface area is 194 Å². The third-order valence-corrected chi connectivity index (χ3v) is 5.16. The van der Waals surface area contributed by atoms with Gasteiger partial charge in [-0.2, -0.15) is 19.9 Å². The maximum atomic E-state index is 14.1. The van der Waals surface area contributed by atoms with Gasteiger partial charge in [-0.05, 0) is 37.3 Å². The van der Waals surface area contributed by atoms with Crippen LogP contribution in [-0.2, 0) is 0 Å². The van der Waals surface area contributed by atoms with E-state index in [0.717, 1.165) is 12.1 Å². The number of aromatic nitrogens is 6. The average molecular weight is 482 g/mol. The van der Waals surface area contributed by atoms with Crippen molar-refractivity contribution in [2.24, 2.45) is 0 Å². The van der Waals surface area contributed by atoms with Crippen molar-refractivity contribution in [3.8, 4) is 11.6 Å². The number of fused-ring (bicyclic) bond motifs is 1. The minimum atomic E-state index is -1.02. The first-order valence-corrected chi connectivity index (χ1v) is 10.3. The van der Waals surface area contributed by atoms with Crippen LogP contribution in [0.4, 0.5) is 14.6 Å². The topological polar surface area (TPSA) is 110 Å². The molecule has 0 saturated heterocycles. The summed E-state index contributed by atoms with van der Waals surface area (Å²) in [5.41, 5.74) is 0.464. The van der Waals surface area contributed by atoms with Gasteiger partial charge >= 0.3 is 0 Å². The fourth-order valence-corrected chi connectivity index (χ4v) is 3.60. The molecule has 0 unspecified atom stereocenters. The van der Waals surface area contributed by atoms with E-state index >= 15 is 0 Å². The summed E-state index contributed by atoms with van der Waals surface area (Å²) < 4.78 is 29.9. The molecule has 34 heavy (non-hydrogen) atoms. The molecule has 3 heterocycles. The first-order valence-electron chi connectivity index (χ1n) is 9.87. The number of benzene rings is 2. The molecule has 0 radical (unpaired) electrons. The fourth-order valence-electron chi connectivity index (χ4n) is 3.41. The number of aromatic amines is 1. The molecule has 9 nitrogen and oxygen atoms in total. The number of amides is 1. The lowest BCUT2D eigenvalue weighted by Gasteiger charge is -2.09. The molecule has 0 saturated carbocycles. The molecule has 0 bridgehead atoms. The fraction of sp³-hybridized carbons (Fsp3) is 0.0455. The first-order chi connectivity index (χ1) is 16.3. The molecular formula is C22H14ClF2N7O2. The number of hydrogen-bond acceptors (Lipinski definition) is 5. The second-order valence-corrected chi connectivity index (χ2v) is 7.76. The first kappa shape index (κ1) is 21.5. The number of nitrogens with one attached hydrogen (secondary N) is 2. The van der Waals surface area contributed by atoms with Crippen LogP contribution >= 0.6 is 11.6 Å². The zero-order chi connectivity index (χ0) is 24.0. The van der Waals surface area contributed by atoms with Gasteiger partial charge in [0.1, 0.15) is 22.8 Å². The summed E-state index contributed by atoms with van der Waals surface area (Å²) in [5, 5.41) is 11.7. The van der Waals surface area contributed by atoms with Gasteiger partial charge in [0.05, 0.1) is 23.1 Å². The smallest absolute Gasteiger partial charge is 0.263 e. The van der Waals surface area contributed by atoms with E-state index in [0.29, 0.717) is 22.5 Å². The van der Waals surface area contributed by atoms with Gasteiger partial charge in [0.2, 0.25) is 5.95 Å². The lowest BCUT2D eigenvalue weighted by atomic mass is 10.2. The molecule has 0 aliphatic carbocycles. The Kier molecular flexibility index (Phi) is 5.17. The summed E-state index contributed by atoms with van der Waals surface area (Å²) >= 11 is 6.08. The summed E-state index contributed by atoms with van der Waals surface area (Å²) in [7, 11) is 0. The Bertz CT molecular complexity index is 1640. The monoisotopic (exact) mass is 481 g/mol. The van der Waals surface area contributed by atoms with Crippen molar-refractivity contribution in [1.29, 1.82) is 0 Å². The SMILES string of the molecule is Cc1cc(NC(=O)c2ccc(F)cc2F)n(-c2nc3c(cnn3-c3cccc(Cl)c3)c(=O)[nH]2)n1.